The van der Waals surface area contributed by atoms with Crippen LogP contribution in [0.5, 0.6) is 0 Å². The Morgan fingerprint density at radius 3 is 2.71 bits per heavy atom. The first-order valence-electron chi connectivity index (χ1n) is 6.44. The highest BCUT2D eigenvalue weighted by Gasteiger charge is 2.21. The SMILES string of the molecule is CC(NC(CC(=O)O)c1cccs1)c1cccc(Cl)c1Cl. The zero-order chi connectivity index (χ0) is 15.4. The molecule has 0 bridgehead atoms. The van der Waals surface area contributed by atoms with E-state index < -0.39 is 5.97 Å². The second kappa shape index (κ2) is 7.27. The van der Waals surface area contributed by atoms with E-state index in [2.05, 4.69) is 5.32 Å². The van der Waals surface area contributed by atoms with Crippen molar-refractivity contribution < 1.29 is 9.90 Å². The number of hydrogen-bond acceptors (Lipinski definition) is 3. The summed E-state index contributed by atoms with van der Waals surface area (Å²) in [5.74, 6) is -0.842. The zero-order valence-corrected chi connectivity index (χ0v) is 13.7. The van der Waals surface area contributed by atoms with Gasteiger partial charge in [0.1, 0.15) is 0 Å². The Hall–Kier alpha value is -1.07. The molecule has 0 aliphatic carbocycles. The van der Waals surface area contributed by atoms with Gasteiger partial charge in [-0.2, -0.15) is 0 Å². The molecule has 0 radical (unpaired) electrons. The maximum absolute atomic E-state index is 11.1. The van der Waals surface area contributed by atoms with Gasteiger partial charge in [0.25, 0.3) is 0 Å². The number of hydrogen-bond donors (Lipinski definition) is 2. The molecule has 0 fully saturated rings. The lowest BCUT2D eigenvalue weighted by Gasteiger charge is -2.22. The third-order valence-corrected chi connectivity index (χ3v) is 4.98. The van der Waals surface area contributed by atoms with E-state index in [1.165, 1.54) is 11.3 Å². The quantitative estimate of drug-likeness (QED) is 0.782. The molecular weight excluding hydrogens is 329 g/mol. The van der Waals surface area contributed by atoms with Crippen molar-refractivity contribution in [1.82, 2.24) is 5.32 Å². The number of carboxylic acids is 1. The summed E-state index contributed by atoms with van der Waals surface area (Å²) in [5.41, 5.74) is 0.858. The lowest BCUT2D eigenvalue weighted by atomic mass is 10.1. The van der Waals surface area contributed by atoms with Gasteiger partial charge in [-0.05, 0) is 30.0 Å². The topological polar surface area (TPSA) is 49.3 Å². The number of carbonyl (C=O) groups is 1. The number of benzene rings is 1. The van der Waals surface area contributed by atoms with Crippen molar-refractivity contribution in [2.75, 3.05) is 0 Å². The number of thiophene rings is 1. The first-order valence-corrected chi connectivity index (χ1v) is 8.07. The van der Waals surface area contributed by atoms with Crippen LogP contribution >= 0.6 is 34.5 Å². The highest BCUT2D eigenvalue weighted by Crippen LogP contribution is 2.32. The highest BCUT2D eigenvalue weighted by molar-refractivity contribution is 7.10. The average molecular weight is 344 g/mol. The summed E-state index contributed by atoms with van der Waals surface area (Å²) in [4.78, 5) is 12.0. The Morgan fingerprint density at radius 2 is 2.10 bits per heavy atom. The van der Waals surface area contributed by atoms with Crippen LogP contribution < -0.4 is 5.32 Å². The molecule has 0 amide bonds. The maximum atomic E-state index is 11.1. The van der Waals surface area contributed by atoms with E-state index in [-0.39, 0.29) is 18.5 Å². The second-order valence-electron chi connectivity index (χ2n) is 4.70. The van der Waals surface area contributed by atoms with E-state index in [1.807, 2.05) is 36.6 Å². The summed E-state index contributed by atoms with van der Waals surface area (Å²) in [6, 6.07) is 8.92. The van der Waals surface area contributed by atoms with Crippen LogP contribution in [-0.2, 0) is 4.79 Å². The van der Waals surface area contributed by atoms with Crippen molar-refractivity contribution >= 4 is 40.5 Å². The first-order chi connectivity index (χ1) is 9.99. The van der Waals surface area contributed by atoms with Gasteiger partial charge in [0.05, 0.1) is 22.5 Å². The van der Waals surface area contributed by atoms with Crippen LogP contribution in [0.4, 0.5) is 0 Å². The zero-order valence-electron chi connectivity index (χ0n) is 11.3. The largest absolute Gasteiger partial charge is 0.481 e. The third-order valence-electron chi connectivity index (χ3n) is 3.16. The minimum atomic E-state index is -0.842. The van der Waals surface area contributed by atoms with Crippen LogP contribution in [0.1, 0.15) is 35.9 Å². The second-order valence-corrected chi connectivity index (χ2v) is 6.46. The molecule has 112 valence electrons. The fourth-order valence-corrected chi connectivity index (χ4v) is 3.41. The summed E-state index contributed by atoms with van der Waals surface area (Å²) < 4.78 is 0. The summed E-state index contributed by atoms with van der Waals surface area (Å²) in [6.45, 7) is 1.94. The lowest BCUT2D eigenvalue weighted by Crippen LogP contribution is -2.26. The Kier molecular flexibility index (Phi) is 5.65. The normalized spacial score (nSPS) is 13.9. The highest BCUT2D eigenvalue weighted by atomic mass is 35.5. The van der Waals surface area contributed by atoms with Crippen molar-refractivity contribution in [2.24, 2.45) is 0 Å². The van der Waals surface area contributed by atoms with Gasteiger partial charge < -0.3 is 10.4 Å². The van der Waals surface area contributed by atoms with Crippen LogP contribution in [0.15, 0.2) is 35.7 Å². The smallest absolute Gasteiger partial charge is 0.305 e. The minimum Gasteiger partial charge on any atom is -0.481 e. The molecule has 0 aliphatic heterocycles. The van der Waals surface area contributed by atoms with Crippen molar-refractivity contribution in [3.63, 3.8) is 0 Å². The molecular formula is C15H15Cl2NO2S. The predicted octanol–water partition coefficient (Wildman–Crippen LogP) is 4.92. The Morgan fingerprint density at radius 1 is 1.33 bits per heavy atom. The number of aliphatic carboxylic acids is 1. The molecule has 3 nitrogen and oxygen atoms in total. The summed E-state index contributed by atoms with van der Waals surface area (Å²) >= 11 is 13.8. The molecule has 2 aromatic rings. The van der Waals surface area contributed by atoms with Gasteiger partial charge in [0.15, 0.2) is 0 Å². The monoisotopic (exact) mass is 343 g/mol. The van der Waals surface area contributed by atoms with Crippen molar-refractivity contribution in [3.8, 4) is 0 Å². The number of halogens is 2. The molecule has 1 heterocycles. The van der Waals surface area contributed by atoms with E-state index in [4.69, 9.17) is 28.3 Å². The summed E-state index contributed by atoms with van der Waals surface area (Å²) in [5, 5.41) is 15.3. The fraction of sp³-hybridized carbons (Fsp3) is 0.267. The van der Waals surface area contributed by atoms with Crippen LogP contribution in [0, 0.1) is 0 Å². The number of rotatable bonds is 6. The molecule has 6 heteroatoms. The molecule has 0 saturated heterocycles. The molecule has 0 saturated carbocycles. The standard InChI is InChI=1S/C15H15Cl2NO2S/c1-9(10-4-2-5-11(16)15(10)17)18-12(8-14(19)20)13-6-3-7-21-13/h2-7,9,12,18H,8H2,1H3,(H,19,20). The van der Waals surface area contributed by atoms with E-state index in [1.54, 1.807) is 6.07 Å². The van der Waals surface area contributed by atoms with Gasteiger partial charge in [-0.3, -0.25) is 4.79 Å². The summed E-state index contributed by atoms with van der Waals surface area (Å²) in [6.07, 6.45) is 0.0169. The van der Waals surface area contributed by atoms with Crippen LogP contribution in [0.25, 0.3) is 0 Å². The van der Waals surface area contributed by atoms with E-state index in [9.17, 15) is 4.79 Å². The molecule has 1 aromatic carbocycles. The third kappa shape index (κ3) is 4.20. The van der Waals surface area contributed by atoms with Crippen LogP contribution in [-0.4, -0.2) is 11.1 Å². The van der Waals surface area contributed by atoms with E-state index in [0.29, 0.717) is 10.0 Å². The van der Waals surface area contributed by atoms with Crippen molar-refractivity contribution in [1.29, 1.82) is 0 Å². The van der Waals surface area contributed by atoms with Gasteiger partial charge in [0.2, 0.25) is 0 Å². The van der Waals surface area contributed by atoms with Gasteiger partial charge >= 0.3 is 5.97 Å². The van der Waals surface area contributed by atoms with Crippen molar-refractivity contribution in [3.05, 3.63) is 56.2 Å². The maximum Gasteiger partial charge on any atom is 0.305 e. The van der Waals surface area contributed by atoms with Crippen LogP contribution in [0.3, 0.4) is 0 Å². The van der Waals surface area contributed by atoms with Gasteiger partial charge in [0, 0.05) is 10.9 Å². The lowest BCUT2D eigenvalue weighted by molar-refractivity contribution is -0.137. The van der Waals surface area contributed by atoms with Gasteiger partial charge in [-0.15, -0.1) is 11.3 Å². The van der Waals surface area contributed by atoms with Crippen molar-refractivity contribution in [2.45, 2.75) is 25.4 Å². The average Bonchev–Trinajstić information content (AvgIpc) is 2.94. The molecule has 0 aliphatic rings. The van der Waals surface area contributed by atoms with E-state index in [0.717, 1.165) is 10.4 Å². The Labute approximate surface area is 137 Å². The first kappa shape index (κ1) is 16.3. The molecule has 21 heavy (non-hydrogen) atoms. The molecule has 2 unspecified atom stereocenters. The summed E-state index contributed by atoms with van der Waals surface area (Å²) in [7, 11) is 0. The van der Waals surface area contributed by atoms with Gasteiger partial charge in [-0.1, -0.05) is 41.4 Å². The van der Waals surface area contributed by atoms with Gasteiger partial charge in [-0.25, -0.2) is 0 Å². The molecule has 0 spiro atoms. The Bertz CT molecular complexity index is 616. The molecule has 1 aromatic heterocycles. The van der Waals surface area contributed by atoms with E-state index >= 15 is 0 Å². The number of carboxylic acid groups (broad SMARTS) is 1. The molecule has 2 rings (SSSR count). The number of nitrogens with one attached hydrogen (secondary N) is 1. The van der Waals surface area contributed by atoms with Crippen LogP contribution in [0.2, 0.25) is 10.0 Å². The molecule has 2 N–H and O–H groups in total. The predicted molar refractivity (Wildman–Crippen MR) is 87.3 cm³/mol. The minimum absolute atomic E-state index is 0.0169. The Balaban J connectivity index is 2.20. The molecule has 2 atom stereocenters. The fourth-order valence-electron chi connectivity index (χ4n) is 2.15.